The Kier molecular flexibility index (Phi) is 6.11. The fourth-order valence-electron chi connectivity index (χ4n) is 1.82. The third-order valence-corrected chi connectivity index (χ3v) is 4.19. The van der Waals surface area contributed by atoms with Crippen molar-refractivity contribution in [2.75, 3.05) is 11.1 Å². The van der Waals surface area contributed by atoms with E-state index in [-0.39, 0.29) is 22.3 Å². The van der Waals surface area contributed by atoms with Gasteiger partial charge in [0.05, 0.1) is 16.3 Å². The van der Waals surface area contributed by atoms with Crippen LogP contribution in [0, 0.1) is 0 Å². The summed E-state index contributed by atoms with van der Waals surface area (Å²) in [5.41, 5.74) is -1.39. The predicted octanol–water partition coefficient (Wildman–Crippen LogP) is 2.78. The van der Waals surface area contributed by atoms with E-state index in [4.69, 9.17) is 11.6 Å². The van der Waals surface area contributed by atoms with E-state index >= 15 is 0 Å². The van der Waals surface area contributed by atoms with Gasteiger partial charge in [-0.3, -0.25) is 9.36 Å². The highest BCUT2D eigenvalue weighted by molar-refractivity contribution is 7.99. The van der Waals surface area contributed by atoms with Gasteiger partial charge in [-0.1, -0.05) is 30.3 Å². The number of aromatic nitrogens is 4. The lowest BCUT2D eigenvalue weighted by Gasteiger charge is -2.10. The average Bonchev–Trinajstić information content (AvgIpc) is 2.87. The molecule has 1 amide bonds. The number of thioether (sulfide) groups is 1. The van der Waals surface area contributed by atoms with Crippen LogP contribution in [-0.4, -0.2) is 31.4 Å². The maximum Gasteiger partial charge on any atom is 0.417 e. The minimum atomic E-state index is -4.57. The van der Waals surface area contributed by atoms with Gasteiger partial charge in [-0.25, -0.2) is 14.9 Å². The van der Waals surface area contributed by atoms with Crippen molar-refractivity contribution < 1.29 is 18.0 Å². The quantitative estimate of drug-likeness (QED) is 0.734. The molecule has 0 aliphatic rings. The number of alkyl halides is 3. The summed E-state index contributed by atoms with van der Waals surface area (Å²) < 4.78 is 39.0. The molecule has 0 aliphatic carbocycles. The van der Waals surface area contributed by atoms with Gasteiger partial charge in [-0.15, -0.1) is 5.10 Å². The van der Waals surface area contributed by atoms with Crippen molar-refractivity contribution in [1.82, 2.24) is 19.7 Å². The van der Waals surface area contributed by atoms with E-state index in [2.05, 4.69) is 20.5 Å². The van der Waals surface area contributed by atoms with Gasteiger partial charge in [0.25, 0.3) is 0 Å². The molecule has 0 aromatic carbocycles. The van der Waals surface area contributed by atoms with Crippen LogP contribution in [0.4, 0.5) is 19.0 Å². The number of hydrogen-bond acceptors (Lipinski definition) is 5. The molecule has 25 heavy (non-hydrogen) atoms. The lowest BCUT2D eigenvalue weighted by atomic mass is 10.3. The SMILES string of the molecule is CCCn1c(SCC(=O)Nc2ncc(C(F)(F)F)cc2Cl)n[nH]c1=O. The molecule has 2 heterocycles. The van der Waals surface area contributed by atoms with Crippen molar-refractivity contribution in [1.29, 1.82) is 0 Å². The van der Waals surface area contributed by atoms with Crippen LogP contribution in [0.3, 0.4) is 0 Å². The van der Waals surface area contributed by atoms with E-state index in [0.29, 0.717) is 30.4 Å². The smallest absolute Gasteiger partial charge is 0.309 e. The number of nitrogens with zero attached hydrogens (tertiary/aromatic N) is 3. The van der Waals surface area contributed by atoms with Crippen LogP contribution in [-0.2, 0) is 17.5 Å². The monoisotopic (exact) mass is 395 g/mol. The average molecular weight is 396 g/mol. The zero-order chi connectivity index (χ0) is 18.6. The molecule has 0 bridgehead atoms. The zero-order valence-electron chi connectivity index (χ0n) is 12.9. The van der Waals surface area contributed by atoms with Crippen LogP contribution < -0.4 is 11.0 Å². The Bertz CT molecular complexity index is 821. The third kappa shape index (κ3) is 4.98. The number of halogens is 4. The molecular formula is C13H13ClF3N5O2S. The number of H-pyrrole nitrogens is 1. The minimum absolute atomic E-state index is 0.118. The number of anilines is 1. The van der Waals surface area contributed by atoms with Crippen LogP contribution in [0.1, 0.15) is 18.9 Å². The van der Waals surface area contributed by atoms with E-state index in [9.17, 15) is 22.8 Å². The molecule has 0 radical (unpaired) electrons. The summed E-state index contributed by atoms with van der Waals surface area (Å²) in [6.07, 6.45) is -3.27. The molecular weight excluding hydrogens is 383 g/mol. The standard InChI is InChI=1S/C13H13ClF3N5O2S/c1-2-3-22-11(24)20-21-12(22)25-6-9(23)19-10-8(14)4-7(5-18-10)13(15,16)17/h4-5H,2-3,6H2,1H3,(H,20,24)(H,18,19,23). The predicted molar refractivity (Wildman–Crippen MR) is 86.7 cm³/mol. The molecule has 0 fully saturated rings. The van der Waals surface area contributed by atoms with Gasteiger partial charge in [0, 0.05) is 12.7 Å². The summed E-state index contributed by atoms with van der Waals surface area (Å²) in [4.78, 5) is 27.0. The van der Waals surface area contributed by atoms with Crippen LogP contribution in [0.5, 0.6) is 0 Å². The van der Waals surface area contributed by atoms with Crippen LogP contribution in [0.25, 0.3) is 0 Å². The Balaban J connectivity index is 2.00. The van der Waals surface area contributed by atoms with Crippen molar-refractivity contribution in [3.8, 4) is 0 Å². The van der Waals surface area contributed by atoms with Gasteiger partial charge in [-0.2, -0.15) is 13.2 Å². The molecule has 2 aromatic heterocycles. The summed E-state index contributed by atoms with van der Waals surface area (Å²) in [6.45, 7) is 2.34. The van der Waals surface area contributed by atoms with Crippen molar-refractivity contribution in [3.63, 3.8) is 0 Å². The maximum atomic E-state index is 12.5. The molecule has 0 saturated carbocycles. The summed E-state index contributed by atoms with van der Waals surface area (Å²) in [7, 11) is 0. The summed E-state index contributed by atoms with van der Waals surface area (Å²) in [5.74, 6) is -0.835. The highest BCUT2D eigenvalue weighted by Crippen LogP contribution is 2.32. The lowest BCUT2D eigenvalue weighted by Crippen LogP contribution is -2.19. The number of carbonyl (C=O) groups is 1. The first-order chi connectivity index (χ1) is 11.7. The number of nitrogens with one attached hydrogen (secondary N) is 2. The van der Waals surface area contributed by atoms with Gasteiger partial charge < -0.3 is 5.32 Å². The van der Waals surface area contributed by atoms with Crippen molar-refractivity contribution >= 4 is 35.1 Å². The van der Waals surface area contributed by atoms with E-state index in [0.717, 1.165) is 11.8 Å². The van der Waals surface area contributed by atoms with Gasteiger partial charge in [0.15, 0.2) is 11.0 Å². The van der Waals surface area contributed by atoms with Crippen molar-refractivity contribution in [3.05, 3.63) is 33.3 Å². The topological polar surface area (TPSA) is 92.7 Å². The number of carbonyl (C=O) groups excluding carboxylic acids is 1. The fraction of sp³-hybridized carbons (Fsp3) is 0.385. The second kappa shape index (κ2) is 7.91. The highest BCUT2D eigenvalue weighted by Gasteiger charge is 2.31. The molecule has 2 aromatic rings. The Morgan fingerprint density at radius 3 is 2.80 bits per heavy atom. The van der Waals surface area contributed by atoms with Crippen LogP contribution in [0.15, 0.2) is 22.2 Å². The highest BCUT2D eigenvalue weighted by atomic mass is 35.5. The first-order valence-electron chi connectivity index (χ1n) is 7.03. The maximum absolute atomic E-state index is 12.5. The molecule has 136 valence electrons. The van der Waals surface area contributed by atoms with Gasteiger partial charge >= 0.3 is 11.9 Å². The zero-order valence-corrected chi connectivity index (χ0v) is 14.4. The summed E-state index contributed by atoms with van der Waals surface area (Å²) >= 11 is 6.73. The first-order valence-corrected chi connectivity index (χ1v) is 8.39. The Morgan fingerprint density at radius 1 is 1.48 bits per heavy atom. The molecule has 0 unspecified atom stereocenters. The second-order valence-electron chi connectivity index (χ2n) is 4.85. The molecule has 0 atom stereocenters. The first kappa shape index (κ1) is 19.3. The number of aromatic amines is 1. The van der Waals surface area contributed by atoms with Crippen LogP contribution in [0.2, 0.25) is 5.02 Å². The summed E-state index contributed by atoms with van der Waals surface area (Å²) in [5, 5.41) is 8.44. The molecule has 0 spiro atoms. The Hall–Kier alpha value is -2.01. The lowest BCUT2D eigenvalue weighted by molar-refractivity contribution is -0.137. The fourth-order valence-corrected chi connectivity index (χ4v) is 2.80. The normalized spacial score (nSPS) is 11.6. The minimum Gasteiger partial charge on any atom is -0.309 e. The van der Waals surface area contributed by atoms with Crippen molar-refractivity contribution in [2.45, 2.75) is 31.2 Å². The molecule has 0 saturated heterocycles. The third-order valence-electron chi connectivity index (χ3n) is 2.93. The van der Waals surface area contributed by atoms with Gasteiger partial charge in [0.2, 0.25) is 5.91 Å². The second-order valence-corrected chi connectivity index (χ2v) is 6.20. The van der Waals surface area contributed by atoms with E-state index in [1.807, 2.05) is 6.92 Å². The van der Waals surface area contributed by atoms with Crippen molar-refractivity contribution in [2.24, 2.45) is 0 Å². The van der Waals surface area contributed by atoms with Crippen LogP contribution >= 0.6 is 23.4 Å². The van der Waals surface area contributed by atoms with Gasteiger partial charge in [-0.05, 0) is 12.5 Å². The molecule has 12 heteroatoms. The van der Waals surface area contributed by atoms with E-state index in [1.165, 1.54) is 4.57 Å². The molecule has 2 rings (SSSR count). The molecule has 7 nitrogen and oxygen atoms in total. The molecule has 0 aliphatic heterocycles. The number of hydrogen-bond donors (Lipinski definition) is 2. The number of amides is 1. The van der Waals surface area contributed by atoms with E-state index < -0.39 is 17.6 Å². The number of pyridine rings is 1. The van der Waals surface area contributed by atoms with Gasteiger partial charge in [0.1, 0.15) is 0 Å². The molecule has 2 N–H and O–H groups in total. The summed E-state index contributed by atoms with van der Waals surface area (Å²) in [6, 6.07) is 0.684. The van der Waals surface area contributed by atoms with E-state index in [1.54, 1.807) is 0 Å². The Labute approximate surface area is 149 Å². The largest absolute Gasteiger partial charge is 0.417 e. The Morgan fingerprint density at radius 2 is 2.20 bits per heavy atom. The number of rotatable bonds is 6.